The highest BCUT2D eigenvalue weighted by molar-refractivity contribution is 9.08. The first-order valence-corrected chi connectivity index (χ1v) is 4.68. The number of amides is 2. The highest BCUT2D eigenvalue weighted by atomic mass is 79.9. The molecule has 0 saturated carbocycles. The van der Waals surface area contributed by atoms with Crippen LogP contribution in [0.3, 0.4) is 0 Å². The van der Waals surface area contributed by atoms with Crippen molar-refractivity contribution >= 4 is 33.8 Å². The van der Waals surface area contributed by atoms with Gasteiger partial charge in [-0.3, -0.25) is 9.66 Å². The molecule has 4 N–H and O–H groups in total. The Kier molecular flexibility index (Phi) is 4.04. The summed E-state index contributed by atoms with van der Waals surface area (Å²) in [5, 5.41) is 2.23. The molecule has 7 heteroatoms. The van der Waals surface area contributed by atoms with E-state index in [9.17, 15) is 9.18 Å². The van der Waals surface area contributed by atoms with Gasteiger partial charge in [-0.25, -0.2) is 14.2 Å². The van der Waals surface area contributed by atoms with Crippen LogP contribution in [0.1, 0.15) is 0 Å². The number of nitrogens with one attached hydrogen (secondary N) is 2. The number of nitrogens with zero attached hydrogens (tertiary/aromatic N) is 1. The molecule has 2 amide bonds. The van der Waals surface area contributed by atoms with E-state index in [0.29, 0.717) is 5.69 Å². The van der Waals surface area contributed by atoms with Gasteiger partial charge in [-0.1, -0.05) is 0 Å². The fourth-order valence-corrected chi connectivity index (χ4v) is 0.922. The Morgan fingerprint density at radius 2 is 2.00 bits per heavy atom. The maximum Gasteiger partial charge on any atom is 0.331 e. The maximum atomic E-state index is 12.5. The van der Waals surface area contributed by atoms with Crippen LogP contribution >= 0.6 is 16.1 Å². The highest BCUT2D eigenvalue weighted by Crippen LogP contribution is 2.11. The summed E-state index contributed by atoms with van der Waals surface area (Å²) in [7, 11) is 0. The van der Waals surface area contributed by atoms with Crippen molar-refractivity contribution in [3.05, 3.63) is 30.1 Å². The molecule has 0 aliphatic carbocycles. The number of guanidine groups is 1. The predicted octanol–water partition coefficient (Wildman–Crippen LogP) is 1.38. The average Bonchev–Trinajstić information content (AvgIpc) is 2.21. The van der Waals surface area contributed by atoms with Crippen molar-refractivity contribution in [2.45, 2.75) is 0 Å². The van der Waals surface area contributed by atoms with E-state index in [1.807, 2.05) is 0 Å². The van der Waals surface area contributed by atoms with Gasteiger partial charge in [0.2, 0.25) is 5.96 Å². The van der Waals surface area contributed by atoms with Gasteiger partial charge < -0.3 is 5.73 Å². The van der Waals surface area contributed by atoms with Crippen LogP contribution in [0.25, 0.3) is 0 Å². The zero-order chi connectivity index (χ0) is 11.3. The molecule has 0 fully saturated rings. The molecule has 1 rings (SSSR count). The number of benzene rings is 1. The van der Waals surface area contributed by atoms with Crippen LogP contribution < -0.4 is 15.4 Å². The third-order valence-electron chi connectivity index (χ3n) is 1.40. The quantitative estimate of drug-likeness (QED) is 0.411. The van der Waals surface area contributed by atoms with Gasteiger partial charge in [0.15, 0.2) is 0 Å². The molecule has 0 bridgehead atoms. The molecule has 0 aliphatic heterocycles. The number of rotatable bonds is 1. The predicted molar refractivity (Wildman–Crippen MR) is 58.3 cm³/mol. The number of hydrogen-bond donors (Lipinski definition) is 3. The van der Waals surface area contributed by atoms with E-state index in [1.165, 1.54) is 24.3 Å². The fraction of sp³-hybridized carbons (Fsp3) is 0. The van der Waals surface area contributed by atoms with Crippen LogP contribution in [0.15, 0.2) is 29.3 Å². The zero-order valence-corrected chi connectivity index (χ0v) is 9.08. The first kappa shape index (κ1) is 11.4. The van der Waals surface area contributed by atoms with E-state index >= 15 is 0 Å². The minimum Gasteiger partial charge on any atom is -0.369 e. The molecule has 0 spiro atoms. The van der Waals surface area contributed by atoms with E-state index in [0.717, 1.165) is 0 Å². The van der Waals surface area contributed by atoms with Crippen LogP contribution in [0.5, 0.6) is 0 Å². The first-order chi connectivity index (χ1) is 7.11. The number of carbonyl (C=O) groups excluding carboxylic acids is 1. The number of halogens is 2. The van der Waals surface area contributed by atoms with Crippen molar-refractivity contribution in [1.29, 1.82) is 0 Å². The van der Waals surface area contributed by atoms with Gasteiger partial charge in [-0.05, 0) is 24.3 Å². The van der Waals surface area contributed by atoms with Crippen molar-refractivity contribution in [2.24, 2.45) is 10.7 Å². The van der Waals surface area contributed by atoms with E-state index in [1.54, 1.807) is 0 Å². The summed E-state index contributed by atoms with van der Waals surface area (Å²) in [6.07, 6.45) is 0. The third kappa shape index (κ3) is 3.94. The van der Waals surface area contributed by atoms with Crippen LogP contribution in [0.4, 0.5) is 14.9 Å². The Hall–Kier alpha value is -1.63. The SMILES string of the molecule is NC(=Nc1ccc(F)cc1)NC(=O)NBr. The zero-order valence-electron chi connectivity index (χ0n) is 7.50. The lowest BCUT2D eigenvalue weighted by Gasteiger charge is -2.01. The van der Waals surface area contributed by atoms with Crippen molar-refractivity contribution in [3.8, 4) is 0 Å². The maximum absolute atomic E-state index is 12.5. The lowest BCUT2D eigenvalue weighted by Crippen LogP contribution is -2.39. The number of aliphatic imine (C=N–C) groups is 1. The molecule has 1 aromatic rings. The van der Waals surface area contributed by atoms with Crippen LogP contribution in [0.2, 0.25) is 0 Å². The summed E-state index contributed by atoms with van der Waals surface area (Å²) in [6, 6.07) is 4.83. The van der Waals surface area contributed by atoms with E-state index in [2.05, 4.69) is 30.8 Å². The summed E-state index contributed by atoms with van der Waals surface area (Å²) < 4.78 is 14.7. The van der Waals surface area contributed by atoms with E-state index in [4.69, 9.17) is 5.73 Å². The molecule has 5 nitrogen and oxygen atoms in total. The second-order valence-electron chi connectivity index (χ2n) is 2.52. The summed E-state index contributed by atoms with van der Waals surface area (Å²) in [4.78, 5) is 14.6. The Morgan fingerprint density at radius 1 is 1.40 bits per heavy atom. The van der Waals surface area contributed by atoms with Gasteiger partial charge in [0, 0.05) is 0 Å². The smallest absolute Gasteiger partial charge is 0.331 e. The van der Waals surface area contributed by atoms with E-state index < -0.39 is 6.03 Å². The van der Waals surface area contributed by atoms with Gasteiger partial charge in [0.25, 0.3) is 0 Å². The van der Waals surface area contributed by atoms with Crippen molar-refractivity contribution < 1.29 is 9.18 Å². The third-order valence-corrected chi connectivity index (χ3v) is 1.76. The van der Waals surface area contributed by atoms with Gasteiger partial charge in [0.05, 0.1) is 21.8 Å². The van der Waals surface area contributed by atoms with Crippen molar-refractivity contribution in [1.82, 2.24) is 9.66 Å². The lowest BCUT2D eigenvalue weighted by molar-refractivity contribution is 0.251. The van der Waals surface area contributed by atoms with Gasteiger partial charge in [-0.2, -0.15) is 0 Å². The molecule has 0 aliphatic rings. The number of nitrogens with two attached hydrogens (primary N) is 1. The number of urea groups is 1. The van der Waals surface area contributed by atoms with Crippen LogP contribution in [0, 0.1) is 5.82 Å². The summed E-state index contributed by atoms with van der Waals surface area (Å²) >= 11 is 2.72. The summed E-state index contributed by atoms with van der Waals surface area (Å²) in [5.41, 5.74) is 5.83. The topological polar surface area (TPSA) is 79.5 Å². The Labute approximate surface area is 93.9 Å². The normalized spacial score (nSPS) is 10.9. The van der Waals surface area contributed by atoms with Crippen LogP contribution in [-0.2, 0) is 0 Å². The summed E-state index contributed by atoms with van der Waals surface area (Å²) in [5.74, 6) is -0.447. The summed E-state index contributed by atoms with van der Waals surface area (Å²) in [6.45, 7) is 0. The van der Waals surface area contributed by atoms with Gasteiger partial charge in [0.1, 0.15) is 5.82 Å². The fourth-order valence-electron chi connectivity index (χ4n) is 0.823. The van der Waals surface area contributed by atoms with Gasteiger partial charge >= 0.3 is 6.03 Å². The lowest BCUT2D eigenvalue weighted by atomic mass is 10.3. The molecule has 0 aromatic heterocycles. The van der Waals surface area contributed by atoms with Crippen molar-refractivity contribution in [2.75, 3.05) is 0 Å². The largest absolute Gasteiger partial charge is 0.369 e. The van der Waals surface area contributed by atoms with Gasteiger partial charge in [-0.15, -0.1) is 0 Å². The second-order valence-corrected chi connectivity index (χ2v) is 2.92. The molecule has 0 saturated heterocycles. The average molecular weight is 275 g/mol. The van der Waals surface area contributed by atoms with Crippen molar-refractivity contribution in [3.63, 3.8) is 0 Å². The Bertz CT molecular complexity index is 379. The monoisotopic (exact) mass is 274 g/mol. The molecule has 0 heterocycles. The molecule has 80 valence electrons. The van der Waals surface area contributed by atoms with E-state index in [-0.39, 0.29) is 11.8 Å². The Balaban J connectivity index is 2.70. The standard InChI is InChI=1S/C8H8BrFN4O/c9-14-8(15)13-7(11)12-6-3-1-5(10)2-4-6/h1-4H,(H4,11,12,13,14,15). The number of carbonyl (C=O) groups is 1. The Morgan fingerprint density at radius 3 is 2.53 bits per heavy atom. The molecular weight excluding hydrogens is 267 g/mol. The van der Waals surface area contributed by atoms with Crippen LogP contribution in [-0.4, -0.2) is 12.0 Å². The molecule has 0 unspecified atom stereocenters. The minimum absolute atomic E-state index is 0.0847. The molecule has 0 radical (unpaired) electrons. The molecular formula is C8H8BrFN4O. The molecule has 1 aromatic carbocycles. The minimum atomic E-state index is -0.543. The second kappa shape index (κ2) is 5.30. The first-order valence-electron chi connectivity index (χ1n) is 3.89. The molecule has 0 atom stereocenters. The highest BCUT2D eigenvalue weighted by Gasteiger charge is 1.99. The molecule has 15 heavy (non-hydrogen) atoms. The number of hydrogen-bond acceptors (Lipinski definition) is 2.